The number of benzene rings is 11. The largest absolute Gasteiger partial charge is 0.310 e. The molecule has 0 aliphatic heterocycles. The summed E-state index contributed by atoms with van der Waals surface area (Å²) < 4.78 is 2.38. The van der Waals surface area contributed by atoms with Crippen molar-refractivity contribution in [2.45, 2.75) is 5.41 Å². The van der Waals surface area contributed by atoms with Crippen molar-refractivity contribution in [2.24, 2.45) is 0 Å². The number of hydrogen-bond donors (Lipinski definition) is 0. The van der Waals surface area contributed by atoms with Crippen molar-refractivity contribution in [3.05, 3.63) is 301 Å². The Morgan fingerprint density at radius 1 is 0.275 bits per heavy atom. The summed E-state index contributed by atoms with van der Waals surface area (Å²) in [7, 11) is 0. The zero-order chi connectivity index (χ0) is 45.7. The van der Waals surface area contributed by atoms with Crippen LogP contribution in [0.1, 0.15) is 22.3 Å². The van der Waals surface area contributed by atoms with E-state index < -0.39 is 5.41 Å². The highest BCUT2D eigenvalue weighted by molar-refractivity contribution is 6.11. The summed E-state index contributed by atoms with van der Waals surface area (Å²) in [6.45, 7) is 0. The SMILES string of the molecule is c1ccc(-c2ccc(N(c3ccc(-c4ccccc4-c4ccc5c(c4)c4ccccc4n5-c4ccccc4)cc3)c3ccc4c(c3)C(c3ccccc3)(c3ccccc3)c3ccccc3-4)cc2)cc1. The quantitative estimate of drug-likeness (QED) is 0.140. The standard InChI is InChI=1S/C67H46N2/c1-5-19-47(20-6-1)48-33-38-54(39-34-48)68(56-42-43-60-59-29-15-17-31-63(59)67(64(60)46-56,51-21-7-2-8-22-51)52-23-9-3-10-24-52)55-40-35-49(36-41-55)57-27-13-14-28-58(57)50-37-44-66-62(45-50)61-30-16-18-32-65(61)69(66)53-25-11-4-12-26-53/h1-46H. The summed E-state index contributed by atoms with van der Waals surface area (Å²) in [5.41, 5.74) is 21.1. The van der Waals surface area contributed by atoms with Crippen LogP contribution in [0.5, 0.6) is 0 Å². The Balaban J connectivity index is 0.948. The van der Waals surface area contributed by atoms with Gasteiger partial charge < -0.3 is 9.47 Å². The molecule has 0 amide bonds. The lowest BCUT2D eigenvalue weighted by molar-refractivity contribution is 0.768. The van der Waals surface area contributed by atoms with Gasteiger partial charge in [-0.3, -0.25) is 0 Å². The van der Waals surface area contributed by atoms with Crippen molar-refractivity contribution in [3.8, 4) is 50.2 Å². The van der Waals surface area contributed by atoms with Gasteiger partial charge in [0.05, 0.1) is 16.4 Å². The number of para-hydroxylation sites is 2. The molecule has 11 aromatic carbocycles. The number of anilines is 3. The third kappa shape index (κ3) is 6.64. The van der Waals surface area contributed by atoms with Crippen LogP contribution in [0, 0.1) is 0 Å². The van der Waals surface area contributed by atoms with Gasteiger partial charge in [-0.05, 0) is 133 Å². The predicted octanol–water partition coefficient (Wildman–Crippen LogP) is 17.6. The van der Waals surface area contributed by atoms with Gasteiger partial charge in [0.15, 0.2) is 0 Å². The summed E-state index contributed by atoms with van der Waals surface area (Å²) in [4.78, 5) is 2.42. The maximum absolute atomic E-state index is 2.45. The average Bonchev–Trinajstić information content (AvgIpc) is 3.92. The number of hydrogen-bond acceptors (Lipinski definition) is 1. The van der Waals surface area contributed by atoms with Gasteiger partial charge in [-0.2, -0.15) is 0 Å². The molecule has 0 N–H and O–H groups in total. The van der Waals surface area contributed by atoms with Crippen molar-refractivity contribution in [2.75, 3.05) is 4.90 Å². The normalized spacial score (nSPS) is 12.5. The van der Waals surface area contributed by atoms with Crippen LogP contribution in [0.25, 0.3) is 72.0 Å². The molecule has 0 unspecified atom stereocenters. The van der Waals surface area contributed by atoms with Crippen LogP contribution >= 0.6 is 0 Å². The second-order valence-electron chi connectivity index (χ2n) is 18.0. The Kier molecular flexibility index (Phi) is 9.77. The fourth-order valence-corrected chi connectivity index (χ4v) is 11.2. The van der Waals surface area contributed by atoms with Gasteiger partial charge >= 0.3 is 0 Å². The summed E-state index contributed by atoms with van der Waals surface area (Å²) in [5.74, 6) is 0. The molecule has 0 fully saturated rings. The molecule has 324 valence electrons. The number of rotatable bonds is 9. The van der Waals surface area contributed by atoms with Crippen LogP contribution < -0.4 is 4.90 Å². The van der Waals surface area contributed by atoms with E-state index in [9.17, 15) is 0 Å². The molecular formula is C67H46N2. The fourth-order valence-electron chi connectivity index (χ4n) is 11.2. The van der Waals surface area contributed by atoms with Crippen LogP contribution in [0.2, 0.25) is 0 Å². The van der Waals surface area contributed by atoms with E-state index in [0.717, 1.165) is 28.3 Å². The van der Waals surface area contributed by atoms with Crippen LogP contribution in [0.15, 0.2) is 279 Å². The van der Waals surface area contributed by atoms with E-state index in [1.54, 1.807) is 0 Å². The van der Waals surface area contributed by atoms with Crippen LogP contribution in [-0.2, 0) is 5.41 Å². The molecule has 1 aromatic heterocycles. The van der Waals surface area contributed by atoms with Crippen molar-refractivity contribution >= 4 is 38.9 Å². The molecule has 0 spiro atoms. The Labute approximate surface area is 403 Å². The molecule has 69 heavy (non-hydrogen) atoms. The molecule has 2 heteroatoms. The van der Waals surface area contributed by atoms with Crippen molar-refractivity contribution in [3.63, 3.8) is 0 Å². The van der Waals surface area contributed by atoms with Gasteiger partial charge in [-0.15, -0.1) is 0 Å². The minimum absolute atomic E-state index is 0.514. The molecule has 0 saturated heterocycles. The van der Waals surface area contributed by atoms with E-state index in [2.05, 4.69) is 289 Å². The van der Waals surface area contributed by atoms with E-state index in [-0.39, 0.29) is 0 Å². The smallest absolute Gasteiger partial charge is 0.0714 e. The van der Waals surface area contributed by atoms with Gasteiger partial charge in [-0.1, -0.05) is 212 Å². The molecule has 0 radical (unpaired) electrons. The number of aromatic nitrogens is 1. The van der Waals surface area contributed by atoms with Gasteiger partial charge in [0.25, 0.3) is 0 Å². The minimum atomic E-state index is -0.514. The first-order valence-electron chi connectivity index (χ1n) is 23.8. The number of nitrogens with zero attached hydrogens (tertiary/aromatic N) is 2. The van der Waals surface area contributed by atoms with Crippen LogP contribution in [0.4, 0.5) is 17.1 Å². The summed E-state index contributed by atoms with van der Waals surface area (Å²) in [5, 5.41) is 2.49. The van der Waals surface area contributed by atoms with E-state index in [1.807, 2.05) is 0 Å². The summed E-state index contributed by atoms with van der Waals surface area (Å²) in [6, 6.07) is 102. The van der Waals surface area contributed by atoms with E-state index in [1.165, 1.54) is 83.0 Å². The van der Waals surface area contributed by atoms with Gasteiger partial charge in [-0.25, -0.2) is 0 Å². The molecule has 0 atom stereocenters. The molecule has 2 nitrogen and oxygen atoms in total. The fraction of sp³-hybridized carbons (Fsp3) is 0.0149. The molecule has 1 heterocycles. The van der Waals surface area contributed by atoms with E-state index in [0.29, 0.717) is 0 Å². The third-order valence-corrected chi connectivity index (χ3v) is 14.3. The first-order valence-corrected chi connectivity index (χ1v) is 23.8. The molecule has 0 bridgehead atoms. The Bertz CT molecular complexity index is 3760. The molecular weight excluding hydrogens is 833 g/mol. The molecule has 1 aliphatic carbocycles. The average molecular weight is 879 g/mol. The predicted molar refractivity (Wildman–Crippen MR) is 289 cm³/mol. The third-order valence-electron chi connectivity index (χ3n) is 14.3. The monoisotopic (exact) mass is 878 g/mol. The highest BCUT2D eigenvalue weighted by Gasteiger charge is 2.46. The summed E-state index contributed by atoms with van der Waals surface area (Å²) in [6.07, 6.45) is 0. The summed E-state index contributed by atoms with van der Waals surface area (Å²) >= 11 is 0. The Morgan fingerprint density at radius 2 is 0.739 bits per heavy atom. The number of fused-ring (bicyclic) bond motifs is 6. The Hall–Kier alpha value is -8.98. The van der Waals surface area contributed by atoms with Gasteiger partial charge in [0.1, 0.15) is 0 Å². The lowest BCUT2D eigenvalue weighted by Gasteiger charge is -2.35. The van der Waals surface area contributed by atoms with Gasteiger partial charge in [0.2, 0.25) is 0 Å². The minimum Gasteiger partial charge on any atom is -0.310 e. The lowest BCUT2D eigenvalue weighted by atomic mass is 9.67. The topological polar surface area (TPSA) is 8.17 Å². The molecule has 12 aromatic rings. The van der Waals surface area contributed by atoms with E-state index >= 15 is 0 Å². The highest BCUT2D eigenvalue weighted by Crippen LogP contribution is 2.57. The Morgan fingerprint density at radius 3 is 1.41 bits per heavy atom. The second kappa shape index (κ2) is 16.7. The zero-order valence-corrected chi connectivity index (χ0v) is 38.0. The van der Waals surface area contributed by atoms with E-state index in [4.69, 9.17) is 0 Å². The molecule has 0 saturated carbocycles. The van der Waals surface area contributed by atoms with Crippen LogP contribution in [-0.4, -0.2) is 4.57 Å². The lowest BCUT2D eigenvalue weighted by Crippen LogP contribution is -2.28. The first-order chi connectivity index (χ1) is 34.2. The highest BCUT2D eigenvalue weighted by atomic mass is 15.1. The van der Waals surface area contributed by atoms with Gasteiger partial charge in [0, 0.05) is 33.5 Å². The van der Waals surface area contributed by atoms with Crippen molar-refractivity contribution in [1.82, 2.24) is 4.57 Å². The van der Waals surface area contributed by atoms with Crippen LogP contribution in [0.3, 0.4) is 0 Å². The molecule has 1 aliphatic rings. The molecule has 13 rings (SSSR count). The van der Waals surface area contributed by atoms with Crippen molar-refractivity contribution in [1.29, 1.82) is 0 Å². The van der Waals surface area contributed by atoms with Crippen molar-refractivity contribution < 1.29 is 0 Å². The first kappa shape index (κ1) is 40.3. The zero-order valence-electron chi connectivity index (χ0n) is 38.0. The maximum atomic E-state index is 2.45. The maximum Gasteiger partial charge on any atom is 0.0714 e. The second-order valence-corrected chi connectivity index (χ2v) is 18.0.